The molecule has 0 bridgehead atoms. The number of ether oxygens (including phenoxy) is 1. The van der Waals surface area contributed by atoms with Crippen LogP contribution in [0.2, 0.25) is 0 Å². The zero-order valence-electron chi connectivity index (χ0n) is 16.3. The molecule has 1 aromatic heterocycles. The molecule has 0 saturated carbocycles. The predicted octanol–water partition coefficient (Wildman–Crippen LogP) is 4.63. The lowest BCUT2D eigenvalue weighted by molar-refractivity contribution is -0.307. The summed E-state index contributed by atoms with van der Waals surface area (Å²) in [7, 11) is 0. The molecule has 1 heterocycles. The molecule has 4 aromatic rings. The Hall–Kier alpha value is -3.18. The molecule has 0 spiro atoms. The zero-order chi connectivity index (χ0) is 20.8. The molecule has 0 aliphatic carbocycles. The first kappa shape index (κ1) is 20.1. The van der Waals surface area contributed by atoms with Crippen molar-refractivity contribution in [2.24, 2.45) is 0 Å². The van der Waals surface area contributed by atoms with E-state index in [0.717, 1.165) is 22.5 Å². The Morgan fingerprint density at radius 2 is 1.60 bits per heavy atom. The maximum Gasteiger partial charge on any atom is 0.176 e. The number of carboxylic acid groups (broad SMARTS) is 1. The second-order valence-electron chi connectivity index (χ2n) is 6.94. The molecule has 0 aliphatic rings. The van der Waals surface area contributed by atoms with E-state index < -0.39 is 12.6 Å². The molecule has 152 valence electrons. The van der Waals surface area contributed by atoms with Crippen LogP contribution in [0.3, 0.4) is 0 Å². The fourth-order valence-corrected chi connectivity index (χ4v) is 4.67. The maximum atomic E-state index is 10.7. The highest BCUT2D eigenvalue weighted by Gasteiger charge is 2.16. The van der Waals surface area contributed by atoms with E-state index in [-0.39, 0.29) is 0 Å². The third kappa shape index (κ3) is 4.69. The Kier molecular flexibility index (Phi) is 6.40. The lowest BCUT2D eigenvalue weighted by Crippen LogP contribution is -2.28. The highest BCUT2D eigenvalue weighted by molar-refractivity contribution is 7.98. The Morgan fingerprint density at radius 1 is 0.933 bits per heavy atom. The van der Waals surface area contributed by atoms with Gasteiger partial charge in [-0.15, -0.1) is 0 Å². The molecular weight excluding hydrogens is 396 g/mol. The Labute approximate surface area is 179 Å². The van der Waals surface area contributed by atoms with Crippen molar-refractivity contribution in [2.45, 2.75) is 11.7 Å². The van der Waals surface area contributed by atoms with Crippen LogP contribution in [-0.4, -0.2) is 18.3 Å². The second-order valence-corrected chi connectivity index (χ2v) is 7.97. The topological polar surface area (TPSA) is 62.5 Å². The van der Waals surface area contributed by atoms with E-state index in [1.54, 1.807) is 12.3 Å². The summed E-state index contributed by atoms with van der Waals surface area (Å²) in [6.07, 6.45) is 1.73. The number of hydrogen-bond acceptors (Lipinski definition) is 5. The van der Waals surface area contributed by atoms with E-state index in [4.69, 9.17) is 9.15 Å². The molecule has 5 heteroatoms. The minimum Gasteiger partial charge on any atom is -0.546 e. The summed E-state index contributed by atoms with van der Waals surface area (Å²) in [5, 5.41) is 11.6. The van der Waals surface area contributed by atoms with E-state index >= 15 is 0 Å². The van der Waals surface area contributed by atoms with Gasteiger partial charge in [0.15, 0.2) is 11.3 Å². The third-order valence-electron chi connectivity index (χ3n) is 4.94. The highest BCUT2D eigenvalue weighted by Crippen LogP contribution is 2.34. The van der Waals surface area contributed by atoms with Gasteiger partial charge >= 0.3 is 0 Å². The highest BCUT2D eigenvalue weighted by atomic mass is 32.2. The number of benzene rings is 3. The zero-order valence-corrected chi connectivity index (χ0v) is 17.1. The van der Waals surface area contributed by atoms with Gasteiger partial charge in [0.05, 0.1) is 12.2 Å². The number of furan rings is 1. The van der Waals surface area contributed by atoms with Crippen molar-refractivity contribution in [1.29, 1.82) is 0 Å². The molecule has 0 N–H and O–H groups in total. The summed E-state index contributed by atoms with van der Waals surface area (Å²) in [5.74, 6) is 1.17. The molecule has 4 nitrogen and oxygen atoms in total. The van der Waals surface area contributed by atoms with Crippen molar-refractivity contribution >= 4 is 28.7 Å². The van der Waals surface area contributed by atoms with E-state index in [0.29, 0.717) is 17.3 Å². The van der Waals surface area contributed by atoms with Gasteiger partial charge in [-0.1, -0.05) is 72.8 Å². The summed E-state index contributed by atoms with van der Waals surface area (Å²) in [5.41, 5.74) is 4.23. The standard InChI is InChI=1S/C25H22O4S/c26-24(27)15-28-23-13-7-12-21-20(14-29-25(21)23)16-30-17-22(18-8-3-1-4-9-18)19-10-5-2-6-11-19/h1-14,22H,15-17H2,(H,26,27)/p-1. The van der Waals surface area contributed by atoms with Crippen LogP contribution in [0.25, 0.3) is 11.0 Å². The van der Waals surface area contributed by atoms with Crippen LogP contribution < -0.4 is 9.84 Å². The van der Waals surface area contributed by atoms with E-state index in [2.05, 4.69) is 48.5 Å². The summed E-state index contributed by atoms with van der Waals surface area (Å²) in [6, 6.07) is 26.6. The lowest BCUT2D eigenvalue weighted by atomic mass is 9.93. The van der Waals surface area contributed by atoms with Crippen LogP contribution in [0.5, 0.6) is 5.75 Å². The maximum absolute atomic E-state index is 10.7. The molecule has 30 heavy (non-hydrogen) atoms. The number of carboxylic acids is 1. The number of carbonyl (C=O) groups is 1. The van der Waals surface area contributed by atoms with Crippen LogP contribution in [0, 0.1) is 0 Å². The first-order chi connectivity index (χ1) is 14.7. The number of carbonyl (C=O) groups excluding carboxylic acids is 1. The van der Waals surface area contributed by atoms with Crippen LogP contribution in [-0.2, 0) is 10.5 Å². The summed E-state index contributed by atoms with van der Waals surface area (Å²) >= 11 is 1.84. The predicted molar refractivity (Wildman–Crippen MR) is 118 cm³/mol. The molecular formula is C25H21O4S-. The molecule has 0 saturated heterocycles. The first-order valence-electron chi connectivity index (χ1n) is 9.71. The van der Waals surface area contributed by atoms with Crippen LogP contribution in [0.4, 0.5) is 0 Å². The minimum atomic E-state index is -1.26. The van der Waals surface area contributed by atoms with Gasteiger partial charge in [0.1, 0.15) is 6.61 Å². The van der Waals surface area contributed by atoms with Crippen molar-refractivity contribution < 1.29 is 19.1 Å². The minimum absolute atomic E-state index is 0.303. The summed E-state index contributed by atoms with van der Waals surface area (Å²) in [6.45, 7) is -0.500. The van der Waals surface area contributed by atoms with Crippen LogP contribution in [0.15, 0.2) is 89.5 Å². The van der Waals surface area contributed by atoms with Crippen molar-refractivity contribution in [2.75, 3.05) is 12.4 Å². The van der Waals surface area contributed by atoms with Gasteiger partial charge in [0, 0.05) is 28.4 Å². The number of fused-ring (bicyclic) bond motifs is 1. The summed E-state index contributed by atoms with van der Waals surface area (Å²) in [4.78, 5) is 10.7. The van der Waals surface area contributed by atoms with Gasteiger partial charge in [0.25, 0.3) is 0 Å². The third-order valence-corrected chi connectivity index (χ3v) is 6.02. The van der Waals surface area contributed by atoms with Gasteiger partial charge in [-0.25, -0.2) is 0 Å². The van der Waals surface area contributed by atoms with Gasteiger partial charge < -0.3 is 19.1 Å². The lowest BCUT2D eigenvalue weighted by Gasteiger charge is -2.17. The Balaban J connectivity index is 1.49. The first-order valence-corrected chi connectivity index (χ1v) is 10.9. The number of para-hydroxylation sites is 1. The molecule has 0 atom stereocenters. The monoisotopic (exact) mass is 417 g/mol. The van der Waals surface area contributed by atoms with Crippen molar-refractivity contribution in [3.05, 3.63) is 102 Å². The Morgan fingerprint density at radius 3 is 2.23 bits per heavy atom. The largest absolute Gasteiger partial charge is 0.546 e. The van der Waals surface area contributed by atoms with Gasteiger partial charge in [0.2, 0.25) is 0 Å². The molecule has 0 unspecified atom stereocenters. The number of rotatable bonds is 9. The molecule has 4 rings (SSSR count). The number of hydrogen-bond donors (Lipinski definition) is 0. The number of thioether (sulfide) groups is 1. The quantitative estimate of drug-likeness (QED) is 0.397. The SMILES string of the molecule is O=C([O-])COc1cccc2c(CSCC(c3ccccc3)c3ccccc3)coc12. The fraction of sp³-hybridized carbons (Fsp3) is 0.160. The Bertz CT molecular complexity index is 1070. The van der Waals surface area contributed by atoms with Gasteiger partial charge in [-0.2, -0.15) is 11.8 Å². The van der Waals surface area contributed by atoms with Gasteiger partial charge in [-0.3, -0.25) is 0 Å². The molecule has 0 fully saturated rings. The average Bonchev–Trinajstić information content (AvgIpc) is 3.20. The van der Waals surface area contributed by atoms with Gasteiger partial charge in [-0.05, 0) is 17.2 Å². The normalized spacial score (nSPS) is 11.1. The second kappa shape index (κ2) is 9.55. The van der Waals surface area contributed by atoms with Crippen LogP contribution >= 0.6 is 11.8 Å². The van der Waals surface area contributed by atoms with Crippen molar-refractivity contribution in [1.82, 2.24) is 0 Å². The average molecular weight is 418 g/mol. The molecule has 0 radical (unpaired) electrons. The smallest absolute Gasteiger partial charge is 0.176 e. The van der Waals surface area contributed by atoms with E-state index in [9.17, 15) is 9.90 Å². The molecule has 3 aromatic carbocycles. The van der Waals surface area contributed by atoms with Crippen LogP contribution in [0.1, 0.15) is 22.6 Å². The van der Waals surface area contributed by atoms with E-state index in [1.165, 1.54) is 11.1 Å². The van der Waals surface area contributed by atoms with Crippen molar-refractivity contribution in [3.63, 3.8) is 0 Å². The number of aliphatic carboxylic acids is 1. The molecule has 0 aliphatic heterocycles. The fourth-order valence-electron chi connectivity index (χ4n) is 3.49. The summed E-state index contributed by atoms with van der Waals surface area (Å²) < 4.78 is 11.0. The molecule has 0 amide bonds. The van der Waals surface area contributed by atoms with E-state index in [1.807, 2.05) is 36.0 Å². The van der Waals surface area contributed by atoms with Crippen molar-refractivity contribution in [3.8, 4) is 5.75 Å².